The summed E-state index contributed by atoms with van der Waals surface area (Å²) in [7, 11) is 0. The molecule has 6 atom stereocenters. The molecular formula is C37H45N4O7+. The molecule has 4 aliphatic heterocycles. The van der Waals surface area contributed by atoms with Gasteiger partial charge in [0.25, 0.3) is 0 Å². The van der Waals surface area contributed by atoms with Crippen molar-refractivity contribution in [3.8, 4) is 29.1 Å². The maximum atomic E-state index is 12.6. The lowest BCUT2D eigenvalue weighted by molar-refractivity contribution is -0.885. The van der Waals surface area contributed by atoms with Crippen molar-refractivity contribution in [3.63, 3.8) is 0 Å². The first-order valence-electron chi connectivity index (χ1n) is 16.8. The number of quaternary nitrogens is 1. The second kappa shape index (κ2) is 14.6. The molecule has 6 rings (SSSR count). The second-order valence-corrected chi connectivity index (χ2v) is 13.2. The standard InChI is InChI=1S/C37H44N4O7/c1-2-4-23(42)15-25(44)16-24(43)8-7-21-14-35(34(47)17-33(21)46)48-36-6-3-5-32(45)27-9-10-28-26(11-12-39-37(28)38)29(27)13-22-18-40-31-20-41(36)19-30(22)31/h9-10,14,17-18,20,23,25,32,36-37,39,42,44-47H,2,4,6-8,11-13,15-16,19,38H2,1H3/p+1. The summed E-state index contributed by atoms with van der Waals surface area (Å²) in [6.45, 7) is 3.30. The summed E-state index contributed by atoms with van der Waals surface area (Å²) >= 11 is 0. The Bertz CT molecular complexity index is 1720. The quantitative estimate of drug-likeness (QED) is 0.166. The number of hydrogen-bond acceptors (Lipinski definition) is 10. The molecule has 0 spiro atoms. The average Bonchev–Trinajstić information content (AvgIpc) is 3.62. The number of Topliss-reactive ketones (excluding diaryl/α,β-unsaturated/α-hetero) is 1. The van der Waals surface area contributed by atoms with Crippen LogP contribution in [0.2, 0.25) is 0 Å². The third kappa shape index (κ3) is 7.34. The van der Waals surface area contributed by atoms with E-state index < -0.39 is 24.5 Å². The van der Waals surface area contributed by atoms with Gasteiger partial charge in [0.1, 0.15) is 42.5 Å². The summed E-state index contributed by atoms with van der Waals surface area (Å²) in [5.74, 6) is 5.66. The Morgan fingerprint density at radius 2 is 1.98 bits per heavy atom. The van der Waals surface area contributed by atoms with Crippen LogP contribution in [0.15, 0.2) is 52.3 Å². The van der Waals surface area contributed by atoms with E-state index >= 15 is 0 Å². The fourth-order valence-corrected chi connectivity index (χ4v) is 7.13. The number of hydrogen-bond donors (Lipinski definition) is 8. The normalized spacial score (nSPS) is 24.0. The van der Waals surface area contributed by atoms with Crippen LogP contribution in [0.3, 0.4) is 0 Å². The van der Waals surface area contributed by atoms with Crippen LogP contribution in [0, 0.1) is 11.8 Å². The number of phenolic OH excluding ortho intramolecular Hbond substituents is 2. The van der Waals surface area contributed by atoms with Crippen molar-refractivity contribution in [1.29, 1.82) is 0 Å². The van der Waals surface area contributed by atoms with Crippen molar-refractivity contribution in [3.05, 3.63) is 75.1 Å². The van der Waals surface area contributed by atoms with Crippen LogP contribution in [0.5, 0.6) is 17.2 Å². The Labute approximate surface area is 280 Å². The van der Waals surface area contributed by atoms with E-state index in [1.165, 1.54) is 12.1 Å². The largest absolute Gasteiger partial charge is 0.508 e. The van der Waals surface area contributed by atoms with Crippen LogP contribution < -0.4 is 20.7 Å². The van der Waals surface area contributed by atoms with Crippen molar-refractivity contribution >= 4 is 12.0 Å². The van der Waals surface area contributed by atoms with E-state index in [2.05, 4.69) is 17.2 Å². The van der Waals surface area contributed by atoms with E-state index in [1.54, 1.807) is 0 Å². The highest BCUT2D eigenvalue weighted by Gasteiger charge is 2.36. The van der Waals surface area contributed by atoms with Gasteiger partial charge in [-0.1, -0.05) is 37.3 Å². The molecule has 11 nitrogen and oxygen atoms in total. The maximum Gasteiger partial charge on any atom is 0.247 e. The minimum atomic E-state index is -1.02. The molecule has 0 aliphatic carbocycles. The van der Waals surface area contributed by atoms with Gasteiger partial charge in [0.2, 0.25) is 6.23 Å². The lowest BCUT2D eigenvalue weighted by atomic mass is 9.85. The molecule has 0 saturated heterocycles. The summed E-state index contributed by atoms with van der Waals surface area (Å²) in [6, 6.07) is 6.62. The molecule has 4 aliphatic rings. The molecule has 48 heavy (non-hydrogen) atoms. The van der Waals surface area contributed by atoms with Crippen molar-refractivity contribution in [1.82, 2.24) is 5.32 Å². The molecule has 254 valence electrons. The molecule has 2 bridgehead atoms. The van der Waals surface area contributed by atoms with Crippen LogP contribution in [0.1, 0.15) is 85.5 Å². The number of rotatable bonds is 11. The van der Waals surface area contributed by atoms with Gasteiger partial charge in [0.15, 0.2) is 11.5 Å². The summed E-state index contributed by atoms with van der Waals surface area (Å²) in [4.78, 5) is 18.2. The van der Waals surface area contributed by atoms with Gasteiger partial charge < -0.3 is 36.0 Å². The topological polar surface area (TPSA) is 182 Å². The number of benzene rings is 2. The van der Waals surface area contributed by atoms with E-state index in [1.807, 2.05) is 31.5 Å². The number of ketones is 1. The molecule has 6 unspecified atom stereocenters. The third-order valence-corrected chi connectivity index (χ3v) is 9.67. The van der Waals surface area contributed by atoms with Gasteiger partial charge in [-0.15, -0.1) is 0 Å². The van der Waals surface area contributed by atoms with Gasteiger partial charge in [0, 0.05) is 43.7 Å². The number of aliphatic hydroxyl groups excluding tert-OH is 3. The number of fused-ring (bicyclic) bond motifs is 4. The first kappa shape index (κ1) is 33.9. The zero-order chi connectivity index (χ0) is 33.9. The number of nitrogens with one attached hydrogen (secondary N) is 2. The number of carbonyl (C=O) groups is 1. The van der Waals surface area contributed by atoms with Gasteiger partial charge in [0.05, 0.1) is 18.4 Å². The predicted molar refractivity (Wildman–Crippen MR) is 179 cm³/mol. The molecule has 0 amide bonds. The lowest BCUT2D eigenvalue weighted by Crippen LogP contribution is -3.11. The van der Waals surface area contributed by atoms with Gasteiger partial charge in [-0.05, 0) is 65.1 Å². The van der Waals surface area contributed by atoms with Crippen molar-refractivity contribution in [2.45, 2.75) is 95.4 Å². The first-order chi connectivity index (χ1) is 23.1. The molecule has 0 fully saturated rings. The number of phenols is 2. The lowest BCUT2D eigenvalue weighted by Gasteiger charge is -2.28. The zero-order valence-corrected chi connectivity index (χ0v) is 27.2. The SMILES string of the molecule is CCCC(O)CC(O)CC(=O)CCc1cc(OC2CC#CC(O)c3ccc4c(c3CC3=C5C[NH+]2C=C5N=C3)CCNC4N)c(O)cc1O. The maximum absolute atomic E-state index is 12.6. The first-order valence-corrected chi connectivity index (χ1v) is 16.8. The highest BCUT2D eigenvalue weighted by molar-refractivity contribution is 5.87. The highest BCUT2D eigenvalue weighted by Crippen LogP contribution is 2.36. The van der Waals surface area contributed by atoms with E-state index in [-0.39, 0.29) is 61.3 Å². The molecule has 4 heterocycles. The van der Waals surface area contributed by atoms with Crippen molar-refractivity contribution < 1.29 is 40.0 Å². The minimum absolute atomic E-state index is 0.0665. The molecule has 2 aromatic carbocycles. The summed E-state index contributed by atoms with van der Waals surface area (Å²) in [5.41, 5.74) is 13.8. The number of ether oxygens (including phenoxy) is 1. The Hall–Kier alpha value is -4.02. The molecule has 0 aromatic heterocycles. The fraction of sp³-hybridized carbons (Fsp3) is 0.459. The van der Waals surface area contributed by atoms with E-state index in [0.717, 1.165) is 63.4 Å². The van der Waals surface area contributed by atoms with Crippen molar-refractivity contribution in [2.75, 3.05) is 13.1 Å². The fourth-order valence-electron chi connectivity index (χ4n) is 7.13. The number of carbonyl (C=O) groups excluding carboxylic acids is 1. The molecule has 2 aromatic rings. The smallest absolute Gasteiger partial charge is 0.247 e. The van der Waals surface area contributed by atoms with Gasteiger partial charge in [-0.2, -0.15) is 0 Å². The molecule has 9 N–H and O–H groups in total. The van der Waals surface area contributed by atoms with Crippen LogP contribution in [0.25, 0.3) is 0 Å². The number of aliphatic imine (C=N–C) groups is 1. The van der Waals surface area contributed by atoms with Crippen LogP contribution in [-0.4, -0.2) is 69.1 Å². The number of nitrogens with zero attached hydrogens (tertiary/aromatic N) is 1. The number of allylic oxidation sites excluding steroid dienone is 1. The van der Waals surface area contributed by atoms with E-state index in [0.29, 0.717) is 24.9 Å². The summed E-state index contributed by atoms with van der Waals surface area (Å²) < 4.78 is 6.38. The Morgan fingerprint density at radius 1 is 1.17 bits per heavy atom. The van der Waals surface area contributed by atoms with Crippen LogP contribution in [-0.2, 0) is 24.1 Å². The van der Waals surface area contributed by atoms with Crippen molar-refractivity contribution in [2.24, 2.45) is 10.7 Å². The van der Waals surface area contributed by atoms with Gasteiger partial charge in [-0.3, -0.25) is 20.0 Å². The zero-order valence-electron chi connectivity index (χ0n) is 27.2. The molecular weight excluding hydrogens is 612 g/mol. The number of aromatic hydroxyl groups is 2. The van der Waals surface area contributed by atoms with Crippen LogP contribution >= 0.6 is 0 Å². The van der Waals surface area contributed by atoms with E-state index in [4.69, 9.17) is 15.5 Å². The van der Waals surface area contributed by atoms with Gasteiger partial charge in [-0.25, -0.2) is 0 Å². The predicted octanol–water partition coefficient (Wildman–Crippen LogP) is 1.51. The summed E-state index contributed by atoms with van der Waals surface area (Å²) in [6.07, 6.45) is 3.74. The molecule has 0 radical (unpaired) electrons. The minimum Gasteiger partial charge on any atom is -0.508 e. The Balaban J connectivity index is 1.22. The van der Waals surface area contributed by atoms with Gasteiger partial charge >= 0.3 is 0 Å². The average molecular weight is 658 g/mol. The molecule has 0 saturated carbocycles. The Kier molecular flexibility index (Phi) is 10.3. The molecule has 11 heteroatoms. The van der Waals surface area contributed by atoms with E-state index in [9.17, 15) is 30.3 Å². The third-order valence-electron chi connectivity index (χ3n) is 9.67. The number of aryl methyl sites for hydroxylation is 1. The second-order valence-electron chi connectivity index (χ2n) is 13.2. The summed E-state index contributed by atoms with van der Waals surface area (Å²) in [5, 5.41) is 56.1. The van der Waals surface area contributed by atoms with Crippen LogP contribution in [0.4, 0.5) is 0 Å². The monoisotopic (exact) mass is 657 g/mol. The Morgan fingerprint density at radius 3 is 2.79 bits per heavy atom. The number of aliphatic hydroxyl groups is 3. The highest BCUT2D eigenvalue weighted by atomic mass is 16.5. The number of nitrogens with two attached hydrogens (primary N) is 1.